The van der Waals surface area contributed by atoms with E-state index in [1.807, 2.05) is 30.3 Å². The standard InChI is InChI=1S/C22H22N4O2/c1-2-6-16(7-3-1)18(14-26-10-12-27-13-11-26)25-22-21-20(23-15-24-22)17-8-4-5-9-19(17)28-21/h1-9,15,18H,10-14H2,(H,23,24,25). The summed E-state index contributed by atoms with van der Waals surface area (Å²) >= 11 is 0. The molecule has 0 radical (unpaired) electrons. The molecule has 0 aliphatic carbocycles. The van der Waals surface area contributed by atoms with Crippen LogP contribution in [0.4, 0.5) is 5.82 Å². The first kappa shape index (κ1) is 17.2. The van der Waals surface area contributed by atoms with E-state index >= 15 is 0 Å². The smallest absolute Gasteiger partial charge is 0.196 e. The van der Waals surface area contributed by atoms with Gasteiger partial charge < -0.3 is 14.5 Å². The fraction of sp³-hybridized carbons (Fsp3) is 0.273. The lowest BCUT2D eigenvalue weighted by Crippen LogP contribution is -2.40. The lowest BCUT2D eigenvalue weighted by molar-refractivity contribution is 0.0361. The van der Waals surface area contributed by atoms with Gasteiger partial charge in [0.05, 0.1) is 19.3 Å². The van der Waals surface area contributed by atoms with Crippen molar-refractivity contribution in [1.29, 1.82) is 0 Å². The molecule has 4 aromatic rings. The molecule has 1 fully saturated rings. The molecule has 3 heterocycles. The van der Waals surface area contributed by atoms with Gasteiger partial charge in [-0.15, -0.1) is 0 Å². The minimum atomic E-state index is 0.0885. The molecule has 28 heavy (non-hydrogen) atoms. The summed E-state index contributed by atoms with van der Waals surface area (Å²) in [4.78, 5) is 11.4. The molecular formula is C22H22N4O2. The zero-order chi connectivity index (χ0) is 18.8. The summed E-state index contributed by atoms with van der Waals surface area (Å²) in [5.41, 5.74) is 3.58. The molecule has 2 aromatic carbocycles. The highest BCUT2D eigenvalue weighted by molar-refractivity contribution is 6.05. The Bertz CT molecular complexity index is 1070. The lowest BCUT2D eigenvalue weighted by atomic mass is 10.1. The highest BCUT2D eigenvalue weighted by atomic mass is 16.5. The molecule has 2 aromatic heterocycles. The van der Waals surface area contributed by atoms with Crippen LogP contribution in [0.3, 0.4) is 0 Å². The Kier molecular flexibility index (Phi) is 4.64. The van der Waals surface area contributed by atoms with Gasteiger partial charge in [-0.25, -0.2) is 9.97 Å². The van der Waals surface area contributed by atoms with Gasteiger partial charge in [0.15, 0.2) is 11.4 Å². The van der Waals surface area contributed by atoms with Crippen molar-refractivity contribution in [3.05, 3.63) is 66.5 Å². The normalized spacial score (nSPS) is 16.4. The van der Waals surface area contributed by atoms with Crippen LogP contribution in [0.2, 0.25) is 0 Å². The number of hydrogen-bond acceptors (Lipinski definition) is 6. The van der Waals surface area contributed by atoms with E-state index in [1.165, 1.54) is 5.56 Å². The van der Waals surface area contributed by atoms with Crippen molar-refractivity contribution in [2.24, 2.45) is 0 Å². The SMILES string of the molecule is c1ccc(C(CN2CCOCC2)Nc2ncnc3c2oc2ccccc23)cc1. The van der Waals surface area contributed by atoms with Gasteiger partial charge in [-0.1, -0.05) is 42.5 Å². The number of hydrogen-bond donors (Lipinski definition) is 1. The van der Waals surface area contributed by atoms with E-state index < -0.39 is 0 Å². The number of aromatic nitrogens is 2. The number of anilines is 1. The molecule has 5 rings (SSSR count). The maximum Gasteiger partial charge on any atom is 0.196 e. The molecule has 0 spiro atoms. The van der Waals surface area contributed by atoms with Crippen LogP contribution in [0.1, 0.15) is 11.6 Å². The van der Waals surface area contributed by atoms with Crippen LogP contribution in [0.5, 0.6) is 0 Å². The van der Waals surface area contributed by atoms with Gasteiger partial charge in [0.2, 0.25) is 0 Å². The van der Waals surface area contributed by atoms with Gasteiger partial charge in [-0.2, -0.15) is 0 Å². The Hall–Kier alpha value is -2.96. The van der Waals surface area contributed by atoms with Crippen LogP contribution >= 0.6 is 0 Å². The molecule has 1 unspecified atom stereocenters. The van der Waals surface area contributed by atoms with E-state index in [4.69, 9.17) is 9.15 Å². The fourth-order valence-electron chi connectivity index (χ4n) is 3.75. The molecule has 6 heteroatoms. The Morgan fingerprint density at radius 1 is 0.964 bits per heavy atom. The summed E-state index contributed by atoms with van der Waals surface area (Å²) in [6.07, 6.45) is 1.60. The van der Waals surface area contributed by atoms with Crippen LogP contribution < -0.4 is 5.32 Å². The average Bonchev–Trinajstić information content (AvgIpc) is 3.14. The van der Waals surface area contributed by atoms with E-state index in [9.17, 15) is 0 Å². The third-order valence-corrected chi connectivity index (χ3v) is 5.22. The van der Waals surface area contributed by atoms with E-state index in [-0.39, 0.29) is 6.04 Å². The second-order valence-corrected chi connectivity index (χ2v) is 7.02. The molecule has 0 amide bonds. The Morgan fingerprint density at radius 2 is 1.75 bits per heavy atom. The molecule has 1 saturated heterocycles. The van der Waals surface area contributed by atoms with Gasteiger partial charge in [0, 0.05) is 25.0 Å². The highest BCUT2D eigenvalue weighted by Crippen LogP contribution is 2.32. The van der Waals surface area contributed by atoms with Crippen molar-refractivity contribution in [3.8, 4) is 0 Å². The van der Waals surface area contributed by atoms with Gasteiger partial charge in [-0.3, -0.25) is 4.90 Å². The van der Waals surface area contributed by atoms with Gasteiger partial charge in [0.25, 0.3) is 0 Å². The number of benzene rings is 2. The monoisotopic (exact) mass is 374 g/mol. The van der Waals surface area contributed by atoms with E-state index in [1.54, 1.807) is 6.33 Å². The first-order chi connectivity index (χ1) is 13.9. The number of nitrogens with one attached hydrogen (secondary N) is 1. The molecule has 142 valence electrons. The van der Waals surface area contributed by atoms with Crippen molar-refractivity contribution < 1.29 is 9.15 Å². The topological polar surface area (TPSA) is 63.4 Å². The average molecular weight is 374 g/mol. The molecule has 0 saturated carbocycles. The van der Waals surface area contributed by atoms with Crippen molar-refractivity contribution in [1.82, 2.24) is 14.9 Å². The molecule has 1 aliphatic rings. The van der Waals surface area contributed by atoms with Crippen LogP contribution in [0.15, 0.2) is 65.3 Å². The minimum Gasteiger partial charge on any atom is -0.450 e. The number of morpholine rings is 1. The predicted molar refractivity (Wildman–Crippen MR) is 109 cm³/mol. The molecular weight excluding hydrogens is 352 g/mol. The highest BCUT2D eigenvalue weighted by Gasteiger charge is 2.21. The minimum absolute atomic E-state index is 0.0885. The molecule has 1 aliphatic heterocycles. The number of fused-ring (bicyclic) bond motifs is 3. The van der Waals surface area contributed by atoms with Crippen molar-refractivity contribution in [3.63, 3.8) is 0 Å². The summed E-state index contributed by atoms with van der Waals surface area (Å²) in [5, 5.41) is 4.63. The van der Waals surface area contributed by atoms with Crippen LogP contribution in [0, 0.1) is 0 Å². The van der Waals surface area contributed by atoms with Gasteiger partial charge >= 0.3 is 0 Å². The molecule has 1 atom stereocenters. The van der Waals surface area contributed by atoms with E-state index in [0.29, 0.717) is 5.58 Å². The number of rotatable bonds is 5. The largest absolute Gasteiger partial charge is 0.450 e. The number of para-hydroxylation sites is 1. The molecule has 0 bridgehead atoms. The van der Waals surface area contributed by atoms with Gasteiger partial charge in [-0.05, 0) is 17.7 Å². The number of ether oxygens (including phenoxy) is 1. The quantitative estimate of drug-likeness (QED) is 0.572. The molecule has 1 N–H and O–H groups in total. The Balaban J connectivity index is 1.51. The third kappa shape index (κ3) is 3.32. The second-order valence-electron chi connectivity index (χ2n) is 7.02. The first-order valence-corrected chi connectivity index (χ1v) is 9.62. The summed E-state index contributed by atoms with van der Waals surface area (Å²) in [7, 11) is 0. The van der Waals surface area contributed by atoms with Crippen LogP contribution in [-0.4, -0.2) is 47.7 Å². The Morgan fingerprint density at radius 3 is 2.61 bits per heavy atom. The summed E-state index contributed by atoms with van der Waals surface area (Å²) in [6, 6.07) is 18.5. The molecule has 6 nitrogen and oxygen atoms in total. The van der Waals surface area contributed by atoms with Crippen LogP contribution in [-0.2, 0) is 4.74 Å². The van der Waals surface area contributed by atoms with E-state index in [0.717, 1.165) is 55.2 Å². The maximum absolute atomic E-state index is 6.09. The van der Waals surface area contributed by atoms with Crippen molar-refractivity contribution in [2.45, 2.75) is 6.04 Å². The second kappa shape index (κ2) is 7.58. The zero-order valence-electron chi connectivity index (χ0n) is 15.5. The predicted octanol–water partition coefficient (Wildman–Crippen LogP) is 3.86. The van der Waals surface area contributed by atoms with Gasteiger partial charge in [0.1, 0.15) is 17.4 Å². The van der Waals surface area contributed by atoms with Crippen LogP contribution in [0.25, 0.3) is 22.1 Å². The number of furan rings is 1. The Labute approximate surface area is 163 Å². The summed E-state index contributed by atoms with van der Waals surface area (Å²) in [6.45, 7) is 4.31. The first-order valence-electron chi connectivity index (χ1n) is 9.62. The van der Waals surface area contributed by atoms with E-state index in [2.05, 4.69) is 44.5 Å². The maximum atomic E-state index is 6.09. The third-order valence-electron chi connectivity index (χ3n) is 5.22. The summed E-state index contributed by atoms with van der Waals surface area (Å²) < 4.78 is 11.6. The summed E-state index contributed by atoms with van der Waals surface area (Å²) in [5.74, 6) is 0.725. The van der Waals surface area contributed by atoms with Crippen molar-refractivity contribution in [2.75, 3.05) is 38.2 Å². The lowest BCUT2D eigenvalue weighted by Gasteiger charge is -2.31. The van der Waals surface area contributed by atoms with Crippen molar-refractivity contribution >= 4 is 27.9 Å². The number of nitrogens with zero attached hydrogens (tertiary/aromatic N) is 3. The zero-order valence-corrected chi connectivity index (χ0v) is 15.5. The fourth-order valence-corrected chi connectivity index (χ4v) is 3.75.